The fourth-order valence-electron chi connectivity index (χ4n) is 6.08. The molecule has 3 heterocycles. The third kappa shape index (κ3) is 5.28. The van der Waals surface area contributed by atoms with Crippen molar-refractivity contribution >= 4 is 40.2 Å². The van der Waals surface area contributed by atoms with Gasteiger partial charge in [-0.15, -0.1) is 11.8 Å². The fourth-order valence-corrected chi connectivity index (χ4v) is 7.22. The van der Waals surface area contributed by atoms with Gasteiger partial charge < -0.3 is 24.9 Å². The van der Waals surface area contributed by atoms with Crippen LogP contribution in [0.4, 0.5) is 0 Å². The number of para-hydroxylation sites is 1. The first-order valence-corrected chi connectivity index (χ1v) is 15.0. The standard InChI is InChI=1S/C29H37ClN4O3S/c1-17-13-24(38-4)22(27(35)32-17)14-31-28(36)25-21-7-5-6-8-23(21)34(26(25)30)18(2)19-9-11-20(12-10-19)33-29(3)15-37-16-29/h5-8,13,18-20,33H,9-12,14-16H2,1-4H3,(H,31,36)(H,32,35)/t18-,19?,20?/m1/s1. The molecule has 2 aromatic heterocycles. The van der Waals surface area contributed by atoms with E-state index in [-0.39, 0.29) is 29.6 Å². The second kappa shape index (κ2) is 11.1. The molecular formula is C29H37ClN4O3S. The van der Waals surface area contributed by atoms with Gasteiger partial charge in [-0.25, -0.2) is 0 Å². The number of benzene rings is 1. The van der Waals surface area contributed by atoms with E-state index in [9.17, 15) is 9.59 Å². The van der Waals surface area contributed by atoms with Gasteiger partial charge in [0.1, 0.15) is 5.15 Å². The number of aryl methyl sites for hydroxylation is 1. The Labute approximate surface area is 233 Å². The van der Waals surface area contributed by atoms with E-state index in [0.29, 0.717) is 28.2 Å². The van der Waals surface area contributed by atoms with Gasteiger partial charge in [-0.1, -0.05) is 29.8 Å². The lowest BCUT2D eigenvalue weighted by atomic mass is 9.81. The highest BCUT2D eigenvalue weighted by Gasteiger charge is 2.37. The predicted molar refractivity (Wildman–Crippen MR) is 155 cm³/mol. The number of ether oxygens (including phenoxy) is 1. The summed E-state index contributed by atoms with van der Waals surface area (Å²) in [5.74, 6) is 0.200. The summed E-state index contributed by atoms with van der Waals surface area (Å²) >= 11 is 8.50. The monoisotopic (exact) mass is 556 g/mol. The second-order valence-electron chi connectivity index (χ2n) is 11.1. The summed E-state index contributed by atoms with van der Waals surface area (Å²) in [4.78, 5) is 29.8. The minimum Gasteiger partial charge on any atom is -0.377 e. The Bertz CT molecular complexity index is 1390. The van der Waals surface area contributed by atoms with Crippen LogP contribution in [0.3, 0.4) is 0 Å². The summed E-state index contributed by atoms with van der Waals surface area (Å²) in [5.41, 5.74) is 2.72. The molecule has 2 aliphatic rings. The van der Waals surface area contributed by atoms with Crippen LogP contribution in [-0.4, -0.2) is 46.5 Å². The second-order valence-corrected chi connectivity index (χ2v) is 12.3. The maximum absolute atomic E-state index is 13.5. The van der Waals surface area contributed by atoms with Crippen LogP contribution < -0.4 is 16.2 Å². The fraction of sp³-hybridized carbons (Fsp3) is 0.517. The molecule has 5 rings (SSSR count). The molecule has 1 aromatic carbocycles. The van der Waals surface area contributed by atoms with Crippen LogP contribution in [0.25, 0.3) is 10.9 Å². The van der Waals surface area contributed by atoms with Gasteiger partial charge in [0.2, 0.25) is 0 Å². The van der Waals surface area contributed by atoms with Gasteiger partial charge in [-0.05, 0) is 70.8 Å². The van der Waals surface area contributed by atoms with Crippen LogP contribution in [0.15, 0.2) is 40.0 Å². The van der Waals surface area contributed by atoms with Crippen LogP contribution in [0.2, 0.25) is 5.15 Å². The molecule has 38 heavy (non-hydrogen) atoms. The number of carbonyl (C=O) groups excluding carboxylic acids is 1. The number of hydrogen-bond donors (Lipinski definition) is 3. The summed E-state index contributed by atoms with van der Waals surface area (Å²) in [6, 6.07) is 10.5. The molecule has 2 fully saturated rings. The van der Waals surface area contributed by atoms with Crippen molar-refractivity contribution in [2.75, 3.05) is 19.5 Å². The number of pyridine rings is 1. The maximum Gasteiger partial charge on any atom is 0.255 e. The van der Waals surface area contributed by atoms with Crippen LogP contribution in [0, 0.1) is 12.8 Å². The van der Waals surface area contributed by atoms with Crippen molar-refractivity contribution in [2.24, 2.45) is 5.92 Å². The first-order chi connectivity index (χ1) is 18.2. The number of carbonyl (C=O) groups is 1. The Kier molecular flexibility index (Phi) is 7.96. The number of fused-ring (bicyclic) bond motifs is 1. The van der Waals surface area contributed by atoms with Crippen molar-refractivity contribution in [3.8, 4) is 0 Å². The largest absolute Gasteiger partial charge is 0.377 e. The third-order valence-electron chi connectivity index (χ3n) is 8.21. The van der Waals surface area contributed by atoms with Crippen molar-refractivity contribution in [3.63, 3.8) is 0 Å². The molecule has 0 spiro atoms. The minimum atomic E-state index is -0.270. The number of nitrogens with one attached hydrogen (secondary N) is 3. The molecule has 0 unspecified atom stereocenters. The quantitative estimate of drug-likeness (QED) is 0.321. The molecule has 1 amide bonds. The highest BCUT2D eigenvalue weighted by atomic mass is 35.5. The Morgan fingerprint density at radius 1 is 1.26 bits per heavy atom. The Hall–Kier alpha value is -2.26. The van der Waals surface area contributed by atoms with Crippen molar-refractivity contribution in [3.05, 3.63) is 62.7 Å². The number of aromatic amines is 1. The molecular weight excluding hydrogens is 520 g/mol. The molecule has 3 aromatic rings. The van der Waals surface area contributed by atoms with Gasteiger partial charge in [-0.3, -0.25) is 9.59 Å². The van der Waals surface area contributed by atoms with E-state index in [1.807, 2.05) is 43.5 Å². The van der Waals surface area contributed by atoms with Gasteiger partial charge in [0.05, 0.1) is 29.8 Å². The van der Waals surface area contributed by atoms with E-state index in [1.54, 1.807) is 0 Å². The number of amides is 1. The molecule has 1 atom stereocenters. The van der Waals surface area contributed by atoms with Crippen LogP contribution in [-0.2, 0) is 11.3 Å². The summed E-state index contributed by atoms with van der Waals surface area (Å²) in [5, 5.41) is 8.05. The summed E-state index contributed by atoms with van der Waals surface area (Å²) in [7, 11) is 0. The number of nitrogens with zero attached hydrogens (tertiary/aromatic N) is 1. The number of rotatable bonds is 8. The number of halogens is 1. The van der Waals surface area contributed by atoms with E-state index in [0.717, 1.165) is 60.4 Å². The van der Waals surface area contributed by atoms with Crippen molar-refractivity contribution < 1.29 is 9.53 Å². The van der Waals surface area contributed by atoms with E-state index in [1.165, 1.54) is 11.8 Å². The van der Waals surface area contributed by atoms with Crippen LogP contribution in [0.1, 0.15) is 67.2 Å². The Morgan fingerprint density at radius 3 is 2.63 bits per heavy atom. The van der Waals surface area contributed by atoms with E-state index in [4.69, 9.17) is 16.3 Å². The zero-order chi connectivity index (χ0) is 27.0. The molecule has 1 saturated heterocycles. The molecule has 204 valence electrons. The lowest BCUT2D eigenvalue weighted by Gasteiger charge is -2.44. The van der Waals surface area contributed by atoms with Gasteiger partial charge in [0.15, 0.2) is 0 Å². The Morgan fingerprint density at radius 2 is 1.97 bits per heavy atom. The highest BCUT2D eigenvalue weighted by Crippen LogP contribution is 2.40. The third-order valence-corrected chi connectivity index (χ3v) is 9.38. The zero-order valence-electron chi connectivity index (χ0n) is 22.5. The van der Waals surface area contributed by atoms with Gasteiger partial charge in [-0.2, -0.15) is 0 Å². The van der Waals surface area contributed by atoms with Crippen molar-refractivity contribution in [1.82, 2.24) is 20.2 Å². The van der Waals surface area contributed by atoms with E-state index in [2.05, 4.69) is 34.0 Å². The number of H-pyrrole nitrogens is 1. The number of hydrogen-bond acceptors (Lipinski definition) is 5. The lowest BCUT2D eigenvalue weighted by molar-refractivity contribution is -0.0718. The average Bonchev–Trinajstić information content (AvgIpc) is 3.18. The molecule has 7 nitrogen and oxygen atoms in total. The smallest absolute Gasteiger partial charge is 0.255 e. The molecule has 1 saturated carbocycles. The Balaban J connectivity index is 1.35. The summed E-state index contributed by atoms with van der Waals surface area (Å²) in [6.45, 7) is 8.02. The molecule has 3 N–H and O–H groups in total. The predicted octanol–water partition coefficient (Wildman–Crippen LogP) is 5.44. The number of thioether (sulfide) groups is 1. The molecule has 1 aliphatic heterocycles. The SMILES string of the molecule is CSc1cc(C)[nH]c(=O)c1CNC(=O)c1c(Cl)n([C@H](C)C2CCC(NC3(C)COC3)CC2)c2ccccc12. The molecule has 0 radical (unpaired) electrons. The maximum atomic E-state index is 13.5. The molecule has 9 heteroatoms. The van der Waals surface area contributed by atoms with E-state index >= 15 is 0 Å². The molecule has 0 bridgehead atoms. The zero-order valence-corrected chi connectivity index (χ0v) is 24.1. The summed E-state index contributed by atoms with van der Waals surface area (Å²) in [6.07, 6.45) is 6.38. The summed E-state index contributed by atoms with van der Waals surface area (Å²) < 4.78 is 7.54. The van der Waals surface area contributed by atoms with Crippen molar-refractivity contribution in [2.45, 2.75) is 75.5 Å². The normalized spacial score (nSPS) is 21.7. The molecule has 1 aliphatic carbocycles. The van der Waals surface area contributed by atoms with Gasteiger partial charge in [0.25, 0.3) is 11.5 Å². The van der Waals surface area contributed by atoms with Crippen molar-refractivity contribution in [1.29, 1.82) is 0 Å². The van der Waals surface area contributed by atoms with E-state index < -0.39 is 0 Å². The van der Waals surface area contributed by atoms with Crippen LogP contribution >= 0.6 is 23.4 Å². The van der Waals surface area contributed by atoms with Gasteiger partial charge >= 0.3 is 0 Å². The minimum absolute atomic E-state index is 0.116. The topological polar surface area (TPSA) is 88.2 Å². The van der Waals surface area contributed by atoms with Crippen LogP contribution in [0.5, 0.6) is 0 Å². The first-order valence-electron chi connectivity index (χ1n) is 13.4. The lowest BCUT2D eigenvalue weighted by Crippen LogP contribution is -2.61. The highest BCUT2D eigenvalue weighted by molar-refractivity contribution is 7.98. The number of aromatic nitrogens is 2. The average molecular weight is 557 g/mol. The first kappa shape index (κ1) is 27.3. The van der Waals surface area contributed by atoms with Gasteiger partial charge in [0, 0.05) is 40.2 Å².